The number of pyridine rings is 1. The zero-order chi connectivity index (χ0) is 17.3. The van der Waals surface area contributed by atoms with Gasteiger partial charge in [-0.1, -0.05) is 11.6 Å². The number of amides is 1. The molecule has 0 spiro atoms. The first-order valence-electron chi connectivity index (χ1n) is 7.70. The molecule has 24 heavy (non-hydrogen) atoms. The van der Waals surface area contributed by atoms with Gasteiger partial charge < -0.3 is 9.80 Å². The normalized spacial score (nSPS) is 22.1. The van der Waals surface area contributed by atoms with Crippen LogP contribution in [0.25, 0.3) is 0 Å². The first-order chi connectivity index (χ1) is 11.4. The third kappa shape index (κ3) is 3.74. The second-order valence-electron chi connectivity index (χ2n) is 5.90. The molecule has 0 aliphatic carbocycles. The molecule has 1 atom stereocenters. The van der Waals surface area contributed by atoms with E-state index in [0.717, 1.165) is 36.9 Å². The van der Waals surface area contributed by atoms with Gasteiger partial charge in [0.05, 0.1) is 16.5 Å². The van der Waals surface area contributed by atoms with E-state index in [2.05, 4.69) is 4.98 Å². The van der Waals surface area contributed by atoms with Crippen molar-refractivity contribution < 1.29 is 18.0 Å². The van der Waals surface area contributed by atoms with Gasteiger partial charge in [0.15, 0.2) is 0 Å². The van der Waals surface area contributed by atoms with Crippen LogP contribution in [-0.4, -0.2) is 53.5 Å². The number of hydrogen-bond donors (Lipinski definition) is 0. The van der Waals surface area contributed by atoms with Gasteiger partial charge in [0.25, 0.3) is 0 Å². The van der Waals surface area contributed by atoms with Crippen molar-refractivity contribution in [1.29, 1.82) is 0 Å². The maximum atomic E-state index is 12.7. The Morgan fingerprint density at radius 3 is 2.62 bits per heavy atom. The summed E-state index contributed by atoms with van der Waals surface area (Å²) in [6.45, 7) is 2.54. The van der Waals surface area contributed by atoms with Crippen LogP contribution in [0.15, 0.2) is 12.3 Å². The Hall–Kier alpha value is -1.15. The number of nitrogens with zero attached hydrogens (tertiary/aromatic N) is 3. The minimum atomic E-state index is -4.47. The molecule has 3 heterocycles. The number of aromatic nitrogens is 1. The average Bonchev–Trinajstić information content (AvgIpc) is 3.03. The maximum Gasteiger partial charge on any atom is 0.417 e. The van der Waals surface area contributed by atoms with Gasteiger partial charge in [-0.2, -0.15) is 24.9 Å². The Morgan fingerprint density at radius 2 is 2.00 bits per heavy atom. The molecule has 2 aliphatic rings. The Labute approximate surface area is 147 Å². The molecule has 2 fully saturated rings. The molecule has 3 rings (SSSR count). The number of rotatable bonds is 2. The van der Waals surface area contributed by atoms with E-state index in [1.165, 1.54) is 0 Å². The van der Waals surface area contributed by atoms with Crippen LogP contribution in [0, 0.1) is 5.92 Å². The summed E-state index contributed by atoms with van der Waals surface area (Å²) in [5, 5.41) is -0.0349. The summed E-state index contributed by atoms with van der Waals surface area (Å²) in [5.41, 5.74) is -0.867. The number of thioether (sulfide) groups is 1. The van der Waals surface area contributed by atoms with Crippen molar-refractivity contribution in [3.8, 4) is 0 Å². The second-order valence-corrected chi connectivity index (χ2v) is 7.53. The summed E-state index contributed by atoms with van der Waals surface area (Å²) in [5.74, 6) is 2.20. The number of carbonyl (C=O) groups excluding carboxylic acids is 1. The molecule has 1 aromatic heterocycles. The van der Waals surface area contributed by atoms with Gasteiger partial charge in [0.1, 0.15) is 5.82 Å². The van der Waals surface area contributed by atoms with Crippen LogP contribution < -0.4 is 4.90 Å². The van der Waals surface area contributed by atoms with E-state index in [4.69, 9.17) is 11.6 Å². The highest BCUT2D eigenvalue weighted by molar-refractivity contribution is 7.99. The molecule has 0 saturated carbocycles. The number of alkyl halides is 3. The van der Waals surface area contributed by atoms with Crippen LogP contribution in [-0.2, 0) is 11.0 Å². The highest BCUT2D eigenvalue weighted by Crippen LogP contribution is 2.35. The molecule has 4 nitrogen and oxygen atoms in total. The Balaban J connectivity index is 1.68. The lowest BCUT2D eigenvalue weighted by atomic mass is 10.1. The van der Waals surface area contributed by atoms with Crippen LogP contribution in [0.2, 0.25) is 5.02 Å². The molecule has 2 saturated heterocycles. The third-order valence-corrected chi connectivity index (χ3v) is 5.53. The predicted octanol–water partition coefficient (Wildman–Crippen LogP) is 3.16. The molecule has 2 aliphatic heterocycles. The van der Waals surface area contributed by atoms with Gasteiger partial charge >= 0.3 is 6.18 Å². The van der Waals surface area contributed by atoms with Crippen LogP contribution >= 0.6 is 23.4 Å². The van der Waals surface area contributed by atoms with E-state index in [-0.39, 0.29) is 16.8 Å². The quantitative estimate of drug-likeness (QED) is 0.791. The molecule has 1 unspecified atom stereocenters. The lowest BCUT2D eigenvalue weighted by Crippen LogP contribution is -2.42. The van der Waals surface area contributed by atoms with E-state index in [0.29, 0.717) is 25.3 Å². The monoisotopic (exact) mass is 379 g/mol. The summed E-state index contributed by atoms with van der Waals surface area (Å²) < 4.78 is 38.1. The maximum absolute atomic E-state index is 12.7. The molecule has 132 valence electrons. The van der Waals surface area contributed by atoms with E-state index in [1.54, 1.807) is 4.90 Å². The van der Waals surface area contributed by atoms with Crippen molar-refractivity contribution in [2.75, 3.05) is 42.6 Å². The smallest absolute Gasteiger partial charge is 0.355 e. The third-order valence-electron chi connectivity index (χ3n) is 4.31. The molecule has 0 aromatic carbocycles. The van der Waals surface area contributed by atoms with E-state index in [9.17, 15) is 18.0 Å². The minimum absolute atomic E-state index is 0.0349. The summed E-state index contributed by atoms with van der Waals surface area (Å²) >= 11 is 7.83. The van der Waals surface area contributed by atoms with E-state index >= 15 is 0 Å². The molecule has 1 aromatic rings. The SMILES string of the molecule is O=C(C1CCN(c2ncc(C(F)(F)F)cc2Cl)C1)N1CCSCC1. The fourth-order valence-corrected chi connectivity index (χ4v) is 4.20. The van der Waals surface area contributed by atoms with Crippen molar-refractivity contribution in [3.05, 3.63) is 22.8 Å². The van der Waals surface area contributed by atoms with Crippen LogP contribution in [0.1, 0.15) is 12.0 Å². The number of halogens is 4. The second kappa shape index (κ2) is 7.00. The molecular weight excluding hydrogens is 363 g/mol. The van der Waals surface area contributed by atoms with E-state index < -0.39 is 11.7 Å². The van der Waals surface area contributed by atoms with Crippen molar-refractivity contribution in [2.45, 2.75) is 12.6 Å². The fraction of sp³-hybridized carbons (Fsp3) is 0.600. The van der Waals surface area contributed by atoms with Crippen LogP contribution in [0.5, 0.6) is 0 Å². The first-order valence-corrected chi connectivity index (χ1v) is 9.24. The molecule has 0 radical (unpaired) electrons. The minimum Gasteiger partial charge on any atom is -0.355 e. The average molecular weight is 380 g/mol. The summed E-state index contributed by atoms with van der Waals surface area (Å²) in [4.78, 5) is 20.1. The van der Waals surface area contributed by atoms with Crippen molar-refractivity contribution in [1.82, 2.24) is 9.88 Å². The summed E-state index contributed by atoms with van der Waals surface area (Å²) in [6, 6.07) is 0.890. The van der Waals surface area contributed by atoms with Gasteiger partial charge in [-0.15, -0.1) is 0 Å². The van der Waals surface area contributed by atoms with Gasteiger partial charge in [-0.25, -0.2) is 4.98 Å². The first kappa shape index (κ1) is 17.7. The summed E-state index contributed by atoms with van der Waals surface area (Å²) in [7, 11) is 0. The molecule has 0 bridgehead atoms. The molecule has 9 heteroatoms. The zero-order valence-electron chi connectivity index (χ0n) is 12.9. The van der Waals surface area contributed by atoms with Crippen molar-refractivity contribution >= 4 is 35.1 Å². The number of carbonyl (C=O) groups is 1. The molecule has 1 amide bonds. The Bertz CT molecular complexity index is 622. The zero-order valence-corrected chi connectivity index (χ0v) is 14.4. The fourth-order valence-electron chi connectivity index (χ4n) is 3.01. The van der Waals surface area contributed by atoms with E-state index in [1.807, 2.05) is 16.7 Å². The lowest BCUT2D eigenvalue weighted by Gasteiger charge is -2.29. The summed E-state index contributed by atoms with van der Waals surface area (Å²) in [6.07, 6.45) is -3.01. The standard InChI is InChI=1S/C15H17ClF3N3OS/c16-12-7-11(15(17,18)19)8-20-13(12)22-2-1-10(9-22)14(23)21-3-5-24-6-4-21/h7-8,10H,1-6,9H2. The van der Waals surface area contributed by atoms with Gasteiger partial charge in [0.2, 0.25) is 5.91 Å². The largest absolute Gasteiger partial charge is 0.417 e. The Morgan fingerprint density at radius 1 is 1.29 bits per heavy atom. The number of anilines is 1. The Kier molecular flexibility index (Phi) is 5.15. The van der Waals surface area contributed by atoms with Gasteiger partial charge in [-0.05, 0) is 12.5 Å². The highest BCUT2D eigenvalue weighted by atomic mass is 35.5. The topological polar surface area (TPSA) is 36.4 Å². The molecular formula is C15H17ClF3N3OS. The van der Waals surface area contributed by atoms with Crippen molar-refractivity contribution in [2.24, 2.45) is 5.92 Å². The highest BCUT2D eigenvalue weighted by Gasteiger charge is 2.35. The van der Waals surface area contributed by atoms with Crippen LogP contribution in [0.3, 0.4) is 0 Å². The molecule has 0 N–H and O–H groups in total. The van der Waals surface area contributed by atoms with Gasteiger partial charge in [-0.3, -0.25) is 4.79 Å². The number of hydrogen-bond acceptors (Lipinski definition) is 4. The van der Waals surface area contributed by atoms with Gasteiger partial charge in [0, 0.05) is 43.9 Å². The predicted molar refractivity (Wildman–Crippen MR) is 88.5 cm³/mol. The van der Waals surface area contributed by atoms with Crippen molar-refractivity contribution in [3.63, 3.8) is 0 Å². The van der Waals surface area contributed by atoms with Crippen LogP contribution in [0.4, 0.5) is 19.0 Å². The lowest BCUT2D eigenvalue weighted by molar-refractivity contribution is -0.138.